The lowest BCUT2D eigenvalue weighted by Crippen LogP contribution is -2.28. The van der Waals surface area contributed by atoms with E-state index in [1.165, 1.54) is 14.0 Å². The molecule has 3 aromatic carbocycles. The third-order valence-corrected chi connectivity index (χ3v) is 4.58. The summed E-state index contributed by atoms with van der Waals surface area (Å²) in [5, 5.41) is 14.7. The third kappa shape index (κ3) is 3.49. The fourth-order valence-electron chi connectivity index (χ4n) is 3.24. The fourth-order valence-corrected chi connectivity index (χ4v) is 3.24. The zero-order chi connectivity index (χ0) is 20.3. The molecule has 0 aromatic heterocycles. The van der Waals surface area contributed by atoms with Crippen molar-refractivity contribution in [3.63, 3.8) is 0 Å². The van der Waals surface area contributed by atoms with Crippen LogP contribution in [0, 0.1) is 0 Å². The van der Waals surface area contributed by atoms with E-state index in [1.54, 1.807) is 47.4 Å². The summed E-state index contributed by atoms with van der Waals surface area (Å²) < 4.78 is 5.26. The Labute approximate surface area is 163 Å². The van der Waals surface area contributed by atoms with Crippen LogP contribution >= 0.6 is 0 Å². The Morgan fingerprint density at radius 2 is 1.71 bits per heavy atom. The molecule has 0 spiro atoms. The molecule has 0 fully saturated rings. The average molecular weight is 378 g/mol. The quantitative estimate of drug-likeness (QED) is 0.698. The number of para-hydroxylation sites is 2. The van der Waals surface area contributed by atoms with Gasteiger partial charge in [0.1, 0.15) is 11.5 Å². The highest BCUT2D eigenvalue weighted by Crippen LogP contribution is 2.37. The number of rotatable bonds is 5. The molecule has 0 saturated heterocycles. The summed E-state index contributed by atoms with van der Waals surface area (Å²) >= 11 is 0. The maximum absolute atomic E-state index is 12.9. The molecule has 6 nitrogen and oxygen atoms in total. The predicted octanol–water partition coefficient (Wildman–Crippen LogP) is 4.18. The number of fused-ring (bicyclic) bond motifs is 1. The first kappa shape index (κ1) is 19.2. The minimum absolute atomic E-state index is 0.0827. The Hall–Kier alpha value is -3.54. The van der Waals surface area contributed by atoms with Gasteiger partial charge in [0.25, 0.3) is 5.91 Å². The van der Waals surface area contributed by atoms with E-state index in [4.69, 9.17) is 4.74 Å². The molecular weight excluding hydrogens is 356 g/mol. The normalized spacial score (nSPS) is 10.5. The van der Waals surface area contributed by atoms with E-state index < -0.39 is 5.91 Å². The number of aromatic hydroxyl groups is 1. The standard InChI is InChI=1S/C22H22N2O4/c1-4-24(14(2)25)19-13-17(21(26)16-10-6-5-9-15(16)19)22(27)23-18-11-7-8-12-20(18)28-3/h5-13,26H,4H2,1-3H3,(H,23,27). The molecule has 6 heteroatoms. The molecule has 0 saturated carbocycles. The number of phenolic OH excluding ortho intramolecular Hbond substituents is 1. The number of nitrogens with one attached hydrogen (secondary N) is 1. The molecule has 0 bridgehead atoms. The van der Waals surface area contributed by atoms with Crippen molar-refractivity contribution in [1.29, 1.82) is 0 Å². The van der Waals surface area contributed by atoms with Crippen molar-refractivity contribution in [1.82, 2.24) is 0 Å². The Bertz CT molecular complexity index is 1050. The predicted molar refractivity (Wildman–Crippen MR) is 110 cm³/mol. The van der Waals surface area contributed by atoms with Crippen LogP contribution in [0.5, 0.6) is 11.5 Å². The molecule has 3 rings (SSSR count). The minimum Gasteiger partial charge on any atom is -0.506 e. The van der Waals surface area contributed by atoms with Gasteiger partial charge in [0.2, 0.25) is 5.91 Å². The van der Waals surface area contributed by atoms with Gasteiger partial charge in [-0.05, 0) is 25.1 Å². The number of methoxy groups -OCH3 is 1. The monoisotopic (exact) mass is 378 g/mol. The highest BCUT2D eigenvalue weighted by molar-refractivity contribution is 6.14. The van der Waals surface area contributed by atoms with Crippen molar-refractivity contribution in [2.75, 3.05) is 23.9 Å². The number of phenols is 1. The molecule has 2 amide bonds. The molecule has 28 heavy (non-hydrogen) atoms. The number of hydrogen-bond acceptors (Lipinski definition) is 4. The first-order valence-electron chi connectivity index (χ1n) is 8.95. The van der Waals surface area contributed by atoms with Crippen LogP contribution in [0.2, 0.25) is 0 Å². The minimum atomic E-state index is -0.492. The van der Waals surface area contributed by atoms with Crippen LogP contribution in [0.4, 0.5) is 11.4 Å². The molecule has 0 aliphatic heterocycles. The smallest absolute Gasteiger partial charge is 0.259 e. The molecule has 0 aliphatic rings. The van der Waals surface area contributed by atoms with E-state index in [2.05, 4.69) is 5.32 Å². The molecule has 3 aromatic rings. The summed E-state index contributed by atoms with van der Waals surface area (Å²) in [6, 6.07) is 15.7. The highest BCUT2D eigenvalue weighted by Gasteiger charge is 2.21. The first-order valence-corrected chi connectivity index (χ1v) is 8.95. The highest BCUT2D eigenvalue weighted by atomic mass is 16.5. The van der Waals surface area contributed by atoms with E-state index in [0.29, 0.717) is 34.4 Å². The van der Waals surface area contributed by atoms with Gasteiger partial charge in [-0.2, -0.15) is 0 Å². The van der Waals surface area contributed by atoms with Crippen molar-refractivity contribution in [2.45, 2.75) is 13.8 Å². The Kier molecular flexibility index (Phi) is 5.49. The molecule has 0 heterocycles. The summed E-state index contributed by atoms with van der Waals surface area (Å²) in [7, 11) is 1.52. The first-order chi connectivity index (χ1) is 13.5. The fraction of sp³-hybridized carbons (Fsp3) is 0.182. The third-order valence-electron chi connectivity index (χ3n) is 4.58. The van der Waals surface area contributed by atoms with Crippen LogP contribution < -0.4 is 15.0 Å². The van der Waals surface area contributed by atoms with Crippen molar-refractivity contribution in [3.8, 4) is 11.5 Å². The Balaban J connectivity index is 2.14. The lowest BCUT2D eigenvalue weighted by atomic mass is 10.0. The van der Waals surface area contributed by atoms with Gasteiger partial charge in [0.15, 0.2) is 0 Å². The van der Waals surface area contributed by atoms with Crippen molar-refractivity contribution in [2.24, 2.45) is 0 Å². The SMILES string of the molecule is CCN(C(C)=O)c1cc(C(=O)Nc2ccccc2OC)c(O)c2ccccc12. The van der Waals surface area contributed by atoms with E-state index in [9.17, 15) is 14.7 Å². The Morgan fingerprint density at radius 3 is 2.36 bits per heavy atom. The van der Waals surface area contributed by atoms with E-state index in [-0.39, 0.29) is 17.2 Å². The number of carbonyl (C=O) groups excluding carboxylic acids is 2. The van der Waals surface area contributed by atoms with Gasteiger partial charge in [-0.3, -0.25) is 9.59 Å². The van der Waals surface area contributed by atoms with Crippen LogP contribution in [0.15, 0.2) is 54.6 Å². The average Bonchev–Trinajstić information content (AvgIpc) is 2.70. The van der Waals surface area contributed by atoms with Crippen LogP contribution in [0.1, 0.15) is 24.2 Å². The van der Waals surface area contributed by atoms with E-state index in [1.807, 2.05) is 19.1 Å². The van der Waals surface area contributed by atoms with Crippen LogP contribution in [0.3, 0.4) is 0 Å². The zero-order valence-electron chi connectivity index (χ0n) is 16.0. The van der Waals surface area contributed by atoms with Crippen molar-refractivity contribution in [3.05, 3.63) is 60.2 Å². The molecule has 2 N–H and O–H groups in total. The van der Waals surface area contributed by atoms with Gasteiger partial charge in [-0.15, -0.1) is 0 Å². The van der Waals surface area contributed by atoms with Gasteiger partial charge in [-0.25, -0.2) is 0 Å². The topological polar surface area (TPSA) is 78.9 Å². The number of carbonyl (C=O) groups is 2. The molecule has 144 valence electrons. The summed E-state index contributed by atoms with van der Waals surface area (Å²) in [5.41, 5.74) is 1.15. The van der Waals surface area contributed by atoms with Crippen molar-refractivity contribution < 1.29 is 19.4 Å². The number of anilines is 2. The van der Waals surface area contributed by atoms with Crippen LogP contribution in [0.25, 0.3) is 10.8 Å². The van der Waals surface area contributed by atoms with Gasteiger partial charge < -0.3 is 20.1 Å². The van der Waals surface area contributed by atoms with Crippen LogP contribution in [-0.4, -0.2) is 30.6 Å². The largest absolute Gasteiger partial charge is 0.506 e. The molecule has 0 unspecified atom stereocenters. The summed E-state index contributed by atoms with van der Waals surface area (Å²) in [6.45, 7) is 3.77. The maximum atomic E-state index is 12.9. The molecule has 0 aliphatic carbocycles. The maximum Gasteiger partial charge on any atom is 0.259 e. The molecule has 0 atom stereocenters. The van der Waals surface area contributed by atoms with Gasteiger partial charge in [0, 0.05) is 24.2 Å². The van der Waals surface area contributed by atoms with E-state index >= 15 is 0 Å². The number of ether oxygens (including phenoxy) is 1. The number of hydrogen-bond donors (Lipinski definition) is 2. The molecular formula is C22H22N2O4. The van der Waals surface area contributed by atoms with Crippen LogP contribution in [-0.2, 0) is 4.79 Å². The van der Waals surface area contributed by atoms with Gasteiger partial charge in [-0.1, -0.05) is 36.4 Å². The lowest BCUT2D eigenvalue weighted by Gasteiger charge is -2.23. The molecule has 0 radical (unpaired) electrons. The Morgan fingerprint density at radius 1 is 1.07 bits per heavy atom. The second-order valence-corrected chi connectivity index (χ2v) is 6.26. The second-order valence-electron chi connectivity index (χ2n) is 6.26. The van der Waals surface area contributed by atoms with Gasteiger partial charge in [0.05, 0.1) is 24.0 Å². The summed E-state index contributed by atoms with van der Waals surface area (Å²) in [5.74, 6) is -0.260. The van der Waals surface area contributed by atoms with E-state index in [0.717, 1.165) is 0 Å². The summed E-state index contributed by atoms with van der Waals surface area (Å²) in [6.07, 6.45) is 0. The van der Waals surface area contributed by atoms with Crippen molar-refractivity contribution >= 4 is 34.0 Å². The summed E-state index contributed by atoms with van der Waals surface area (Å²) in [4.78, 5) is 26.6. The number of benzene rings is 3. The number of amides is 2. The van der Waals surface area contributed by atoms with Gasteiger partial charge >= 0.3 is 0 Å². The zero-order valence-corrected chi connectivity index (χ0v) is 16.0. The lowest BCUT2D eigenvalue weighted by molar-refractivity contribution is -0.116. The number of nitrogens with zero attached hydrogens (tertiary/aromatic N) is 1. The second kappa shape index (κ2) is 8.00.